The molecule has 8 nitrogen and oxygen atoms in total. The maximum atomic E-state index is 11.7. The van der Waals surface area contributed by atoms with Gasteiger partial charge >= 0.3 is 11.7 Å². The van der Waals surface area contributed by atoms with E-state index < -0.39 is 5.97 Å². The minimum absolute atomic E-state index is 0.317. The van der Waals surface area contributed by atoms with Gasteiger partial charge in [0, 0.05) is 27.6 Å². The SMILES string of the molecule is CCCCCC(=O)O.Cn1c(=O)c2c(ncn2C)n(C)c1=O. The van der Waals surface area contributed by atoms with E-state index in [1.54, 1.807) is 18.7 Å². The number of fused-ring (bicyclic) bond motifs is 1. The Hall–Kier alpha value is -2.38. The Balaban J connectivity index is 0.000000261. The lowest BCUT2D eigenvalue weighted by Crippen LogP contribution is -2.37. The Bertz CT molecular complexity index is 769. The highest BCUT2D eigenvalue weighted by atomic mass is 16.4. The van der Waals surface area contributed by atoms with E-state index in [1.165, 1.54) is 17.9 Å². The van der Waals surface area contributed by atoms with Gasteiger partial charge in [-0.1, -0.05) is 19.8 Å². The number of aliphatic carboxylic acids is 1. The molecule has 2 aromatic rings. The molecule has 2 rings (SSSR count). The monoisotopic (exact) mass is 310 g/mol. The molecule has 122 valence electrons. The van der Waals surface area contributed by atoms with Crippen LogP contribution >= 0.6 is 0 Å². The van der Waals surface area contributed by atoms with E-state index in [-0.39, 0.29) is 11.2 Å². The van der Waals surface area contributed by atoms with Crippen molar-refractivity contribution in [3.8, 4) is 0 Å². The van der Waals surface area contributed by atoms with Gasteiger partial charge in [0.15, 0.2) is 11.2 Å². The summed E-state index contributed by atoms with van der Waals surface area (Å²) < 4.78 is 4.04. The molecule has 0 radical (unpaired) electrons. The van der Waals surface area contributed by atoms with Crippen molar-refractivity contribution in [2.24, 2.45) is 21.1 Å². The van der Waals surface area contributed by atoms with E-state index in [2.05, 4.69) is 11.9 Å². The zero-order valence-corrected chi connectivity index (χ0v) is 13.4. The summed E-state index contributed by atoms with van der Waals surface area (Å²) in [6, 6.07) is 0. The molecule has 0 aliphatic heterocycles. The number of carboxylic acids is 1. The second-order valence-corrected chi connectivity index (χ2v) is 5.08. The molecule has 8 heteroatoms. The molecule has 2 aromatic heterocycles. The Labute approximate surface area is 127 Å². The van der Waals surface area contributed by atoms with Gasteiger partial charge in [-0.15, -0.1) is 0 Å². The normalized spacial score (nSPS) is 10.4. The van der Waals surface area contributed by atoms with Crippen LogP contribution in [0.25, 0.3) is 11.2 Å². The Morgan fingerprint density at radius 3 is 2.36 bits per heavy atom. The molecule has 0 bridgehead atoms. The lowest BCUT2D eigenvalue weighted by atomic mass is 10.2. The third-order valence-corrected chi connectivity index (χ3v) is 3.31. The fourth-order valence-electron chi connectivity index (χ4n) is 2.00. The first kappa shape index (κ1) is 17.7. The van der Waals surface area contributed by atoms with Crippen molar-refractivity contribution >= 4 is 17.1 Å². The van der Waals surface area contributed by atoms with Gasteiger partial charge in [0.25, 0.3) is 5.56 Å². The molecule has 0 atom stereocenters. The topological polar surface area (TPSA) is 99.1 Å². The number of rotatable bonds is 4. The van der Waals surface area contributed by atoms with Gasteiger partial charge in [-0.3, -0.25) is 18.7 Å². The highest BCUT2D eigenvalue weighted by Crippen LogP contribution is 2.01. The zero-order chi connectivity index (χ0) is 16.9. The van der Waals surface area contributed by atoms with Gasteiger partial charge in [0.1, 0.15) is 0 Å². The van der Waals surface area contributed by atoms with Crippen LogP contribution in [0.1, 0.15) is 32.6 Å². The molecule has 2 heterocycles. The van der Waals surface area contributed by atoms with Crippen molar-refractivity contribution in [2.75, 3.05) is 0 Å². The van der Waals surface area contributed by atoms with Crippen molar-refractivity contribution in [3.05, 3.63) is 27.2 Å². The average Bonchev–Trinajstić information content (AvgIpc) is 2.85. The van der Waals surface area contributed by atoms with Crippen LogP contribution in [-0.4, -0.2) is 29.8 Å². The van der Waals surface area contributed by atoms with Gasteiger partial charge in [-0.05, 0) is 6.42 Å². The molecule has 0 spiro atoms. The van der Waals surface area contributed by atoms with Crippen molar-refractivity contribution in [1.82, 2.24) is 18.7 Å². The van der Waals surface area contributed by atoms with Crippen molar-refractivity contribution in [3.63, 3.8) is 0 Å². The molecule has 0 aliphatic carbocycles. The smallest absolute Gasteiger partial charge is 0.332 e. The van der Waals surface area contributed by atoms with Crippen LogP contribution in [-0.2, 0) is 25.9 Å². The van der Waals surface area contributed by atoms with E-state index in [1.807, 2.05) is 0 Å². The summed E-state index contributed by atoms with van der Waals surface area (Å²) in [6.45, 7) is 2.06. The summed E-state index contributed by atoms with van der Waals surface area (Å²) in [5.41, 5.74) is 0.180. The van der Waals surface area contributed by atoms with Crippen LogP contribution in [0.15, 0.2) is 15.9 Å². The third kappa shape index (κ3) is 3.84. The van der Waals surface area contributed by atoms with Gasteiger partial charge in [-0.25, -0.2) is 9.78 Å². The van der Waals surface area contributed by atoms with Crippen LogP contribution in [0.2, 0.25) is 0 Å². The molecule has 0 aliphatic rings. The fourth-order valence-corrected chi connectivity index (χ4v) is 2.00. The molecule has 0 saturated heterocycles. The number of aromatic nitrogens is 4. The first-order valence-electron chi connectivity index (χ1n) is 7.10. The standard InChI is InChI=1S/C8H10N4O2.C6H12O2/c1-10-4-9-6-5(10)7(13)12(3)8(14)11(6)2;1-2-3-4-5-6(7)8/h4H,1-3H3;2-5H2,1H3,(H,7,8). The average molecular weight is 310 g/mol. The third-order valence-electron chi connectivity index (χ3n) is 3.31. The summed E-state index contributed by atoms with van der Waals surface area (Å²) in [5, 5.41) is 8.14. The number of nitrogens with zero attached hydrogens (tertiary/aromatic N) is 4. The highest BCUT2D eigenvalue weighted by Gasteiger charge is 2.11. The minimum atomic E-state index is -0.682. The van der Waals surface area contributed by atoms with Gasteiger partial charge in [0.05, 0.1) is 6.33 Å². The predicted octanol–water partition coefficient (Wildman–Crippen LogP) is 0.622. The molecule has 1 N–H and O–H groups in total. The lowest BCUT2D eigenvalue weighted by Gasteiger charge is -2.02. The minimum Gasteiger partial charge on any atom is -0.481 e. The molecular formula is C14H22N4O4. The Morgan fingerprint density at radius 1 is 1.18 bits per heavy atom. The molecule has 0 aromatic carbocycles. The lowest BCUT2D eigenvalue weighted by molar-refractivity contribution is -0.137. The second kappa shape index (κ2) is 7.58. The molecule has 0 amide bonds. The number of unbranched alkanes of at least 4 members (excludes halogenated alkanes) is 2. The summed E-state index contributed by atoms with van der Waals surface area (Å²) in [7, 11) is 4.77. The van der Waals surface area contributed by atoms with E-state index >= 15 is 0 Å². The summed E-state index contributed by atoms with van der Waals surface area (Å²) in [5.74, 6) is -0.682. The molecule has 22 heavy (non-hydrogen) atoms. The van der Waals surface area contributed by atoms with Crippen molar-refractivity contribution in [1.29, 1.82) is 0 Å². The summed E-state index contributed by atoms with van der Waals surface area (Å²) >= 11 is 0. The summed E-state index contributed by atoms with van der Waals surface area (Å²) in [4.78, 5) is 37.0. The van der Waals surface area contributed by atoms with Crippen LogP contribution in [0.5, 0.6) is 0 Å². The highest BCUT2D eigenvalue weighted by molar-refractivity contribution is 5.69. The number of carboxylic acid groups (broad SMARTS) is 1. The zero-order valence-electron chi connectivity index (χ0n) is 13.4. The largest absolute Gasteiger partial charge is 0.481 e. The second-order valence-electron chi connectivity index (χ2n) is 5.08. The number of aryl methyl sites for hydroxylation is 2. The molecular weight excluding hydrogens is 288 g/mol. The van der Waals surface area contributed by atoms with Crippen molar-refractivity contribution in [2.45, 2.75) is 32.6 Å². The van der Waals surface area contributed by atoms with E-state index in [0.717, 1.165) is 23.8 Å². The Morgan fingerprint density at radius 2 is 1.82 bits per heavy atom. The molecule has 0 fully saturated rings. The number of carbonyl (C=O) groups is 1. The first-order chi connectivity index (χ1) is 10.3. The van der Waals surface area contributed by atoms with Gasteiger partial charge < -0.3 is 9.67 Å². The van der Waals surface area contributed by atoms with Crippen LogP contribution in [0, 0.1) is 0 Å². The first-order valence-corrected chi connectivity index (χ1v) is 7.10. The summed E-state index contributed by atoms with van der Waals surface area (Å²) in [6.07, 6.45) is 4.80. The van der Waals surface area contributed by atoms with Crippen molar-refractivity contribution < 1.29 is 9.90 Å². The molecule has 0 saturated carbocycles. The van der Waals surface area contributed by atoms with Gasteiger partial charge in [-0.2, -0.15) is 0 Å². The van der Waals surface area contributed by atoms with E-state index in [4.69, 9.17) is 5.11 Å². The van der Waals surface area contributed by atoms with E-state index in [9.17, 15) is 14.4 Å². The number of hydrogen-bond acceptors (Lipinski definition) is 4. The van der Waals surface area contributed by atoms with Crippen LogP contribution in [0.3, 0.4) is 0 Å². The maximum Gasteiger partial charge on any atom is 0.332 e. The van der Waals surface area contributed by atoms with E-state index in [0.29, 0.717) is 17.6 Å². The molecule has 0 unspecified atom stereocenters. The van der Waals surface area contributed by atoms with Gasteiger partial charge in [0.2, 0.25) is 0 Å². The Kier molecular flexibility index (Phi) is 6.09. The van der Waals surface area contributed by atoms with Crippen LogP contribution < -0.4 is 11.2 Å². The predicted molar refractivity (Wildman–Crippen MR) is 83.0 cm³/mol. The maximum absolute atomic E-state index is 11.7. The number of imidazole rings is 1. The fraction of sp³-hybridized carbons (Fsp3) is 0.571. The number of hydrogen-bond donors (Lipinski definition) is 1. The van der Waals surface area contributed by atoms with Crippen LogP contribution in [0.4, 0.5) is 0 Å². The quantitative estimate of drug-likeness (QED) is 0.835.